The Morgan fingerprint density at radius 2 is 2.22 bits per heavy atom. The van der Waals surface area contributed by atoms with Crippen LogP contribution in [0.5, 0.6) is 0 Å². The van der Waals surface area contributed by atoms with Gasteiger partial charge in [0.15, 0.2) is 0 Å². The first-order chi connectivity index (χ1) is 8.53. The Morgan fingerprint density at radius 3 is 2.78 bits per heavy atom. The summed E-state index contributed by atoms with van der Waals surface area (Å²) in [6, 6.07) is 0.397. The molecule has 0 bridgehead atoms. The third kappa shape index (κ3) is 3.43. The smallest absolute Gasteiger partial charge is 0.324 e. The van der Waals surface area contributed by atoms with Crippen LogP contribution in [0.15, 0.2) is 0 Å². The first-order valence-electron chi connectivity index (χ1n) is 6.80. The molecule has 2 atom stereocenters. The van der Waals surface area contributed by atoms with E-state index in [9.17, 15) is 9.90 Å². The van der Waals surface area contributed by atoms with Gasteiger partial charge in [-0.05, 0) is 39.2 Å². The first-order valence-corrected chi connectivity index (χ1v) is 6.80. The molecule has 0 spiro atoms. The quantitative estimate of drug-likeness (QED) is 0.732. The maximum absolute atomic E-state index is 11.5. The van der Waals surface area contributed by atoms with E-state index in [0.29, 0.717) is 12.6 Å². The second kappa shape index (κ2) is 5.55. The molecule has 2 unspecified atom stereocenters. The number of methoxy groups -OCH3 is 1. The summed E-state index contributed by atoms with van der Waals surface area (Å²) < 4.78 is 5.38. The van der Waals surface area contributed by atoms with Crippen molar-refractivity contribution in [3.63, 3.8) is 0 Å². The zero-order valence-corrected chi connectivity index (χ0v) is 11.3. The second-order valence-corrected chi connectivity index (χ2v) is 5.79. The lowest BCUT2D eigenvalue weighted by molar-refractivity contribution is -0.145. The highest BCUT2D eigenvalue weighted by molar-refractivity contribution is 5.78. The van der Waals surface area contributed by atoms with Gasteiger partial charge in [0.1, 0.15) is 5.54 Å². The van der Waals surface area contributed by atoms with Gasteiger partial charge in [0.25, 0.3) is 0 Å². The van der Waals surface area contributed by atoms with E-state index in [1.165, 1.54) is 0 Å². The Labute approximate surface area is 108 Å². The molecule has 104 valence electrons. The molecule has 2 rings (SSSR count). The number of aliphatic carboxylic acids is 1. The molecule has 18 heavy (non-hydrogen) atoms. The summed E-state index contributed by atoms with van der Waals surface area (Å²) in [5.74, 6) is -0.756. The maximum Gasteiger partial charge on any atom is 0.324 e. The largest absolute Gasteiger partial charge is 0.480 e. The minimum Gasteiger partial charge on any atom is -0.480 e. The van der Waals surface area contributed by atoms with Crippen molar-refractivity contribution in [2.45, 2.75) is 50.3 Å². The molecule has 0 aromatic rings. The monoisotopic (exact) mass is 256 g/mol. The third-order valence-corrected chi connectivity index (χ3v) is 3.91. The highest BCUT2D eigenvalue weighted by Crippen LogP contribution is 2.24. The van der Waals surface area contributed by atoms with Crippen LogP contribution < -0.4 is 5.32 Å². The van der Waals surface area contributed by atoms with Gasteiger partial charge < -0.3 is 9.84 Å². The molecule has 5 heteroatoms. The molecule has 1 saturated carbocycles. The highest BCUT2D eigenvalue weighted by atomic mass is 16.5. The maximum atomic E-state index is 11.5. The minimum atomic E-state index is -0.837. The number of carbonyl (C=O) groups is 1. The Bertz CT molecular complexity index is 307. The minimum absolute atomic E-state index is 0.248. The van der Waals surface area contributed by atoms with Gasteiger partial charge in [-0.3, -0.25) is 15.0 Å². The van der Waals surface area contributed by atoms with Crippen molar-refractivity contribution in [3.05, 3.63) is 0 Å². The highest BCUT2D eigenvalue weighted by Gasteiger charge is 2.40. The molecule has 1 aliphatic carbocycles. The van der Waals surface area contributed by atoms with E-state index >= 15 is 0 Å². The molecule has 0 aromatic heterocycles. The molecule has 2 aliphatic rings. The zero-order chi connectivity index (χ0) is 13.2. The van der Waals surface area contributed by atoms with Crippen LogP contribution in [0.1, 0.15) is 32.6 Å². The molecule has 1 saturated heterocycles. The van der Waals surface area contributed by atoms with Crippen molar-refractivity contribution >= 4 is 5.97 Å². The van der Waals surface area contributed by atoms with Gasteiger partial charge in [0.2, 0.25) is 0 Å². The van der Waals surface area contributed by atoms with E-state index < -0.39 is 11.5 Å². The summed E-state index contributed by atoms with van der Waals surface area (Å²) in [5.41, 5.74) is -0.837. The van der Waals surface area contributed by atoms with Gasteiger partial charge in [0.05, 0.1) is 6.10 Å². The number of hydrogen-bond donors (Lipinski definition) is 2. The number of hydrogen-bond acceptors (Lipinski definition) is 4. The Hall–Kier alpha value is -0.650. The van der Waals surface area contributed by atoms with Crippen LogP contribution in [-0.4, -0.2) is 60.4 Å². The van der Waals surface area contributed by atoms with E-state index in [1.54, 1.807) is 14.0 Å². The summed E-state index contributed by atoms with van der Waals surface area (Å²) in [6.45, 7) is 4.16. The van der Waals surface area contributed by atoms with Crippen LogP contribution in [-0.2, 0) is 9.53 Å². The predicted octanol–water partition coefficient (Wildman–Crippen LogP) is 0.693. The summed E-state index contributed by atoms with van der Waals surface area (Å²) in [7, 11) is 1.73. The molecular formula is C13H24N2O3. The third-order valence-electron chi connectivity index (χ3n) is 3.91. The average molecular weight is 256 g/mol. The topological polar surface area (TPSA) is 61.8 Å². The second-order valence-electron chi connectivity index (χ2n) is 5.79. The fourth-order valence-corrected chi connectivity index (χ4v) is 2.65. The van der Waals surface area contributed by atoms with Crippen molar-refractivity contribution in [1.29, 1.82) is 0 Å². The molecule has 1 heterocycles. The van der Waals surface area contributed by atoms with Crippen LogP contribution >= 0.6 is 0 Å². The van der Waals surface area contributed by atoms with Crippen LogP contribution in [0.2, 0.25) is 0 Å². The van der Waals surface area contributed by atoms with Crippen molar-refractivity contribution in [2.75, 3.05) is 26.7 Å². The van der Waals surface area contributed by atoms with E-state index in [-0.39, 0.29) is 6.10 Å². The SMILES string of the molecule is COC1CCCN(CC(C)(NC2CC2)C(=O)O)C1. The van der Waals surface area contributed by atoms with Crippen molar-refractivity contribution in [1.82, 2.24) is 10.2 Å². The molecule has 1 aliphatic heterocycles. The molecule has 5 nitrogen and oxygen atoms in total. The number of likely N-dealkylation sites (tertiary alicyclic amines) is 1. The van der Waals surface area contributed by atoms with Gasteiger partial charge >= 0.3 is 5.97 Å². The molecule has 0 amide bonds. The lowest BCUT2D eigenvalue weighted by Crippen LogP contribution is -2.59. The lowest BCUT2D eigenvalue weighted by atomic mass is 9.99. The van der Waals surface area contributed by atoms with E-state index in [2.05, 4.69) is 10.2 Å². The Kier molecular flexibility index (Phi) is 4.25. The standard InChI is InChI=1S/C13H24N2O3/c1-13(12(16)17,14-10-5-6-10)9-15-7-3-4-11(8-15)18-2/h10-11,14H,3-9H2,1-2H3,(H,16,17). The zero-order valence-electron chi connectivity index (χ0n) is 11.3. The summed E-state index contributed by atoms with van der Waals surface area (Å²) in [5, 5.41) is 12.7. The molecule has 2 fully saturated rings. The number of rotatable bonds is 6. The van der Waals surface area contributed by atoms with Crippen molar-refractivity contribution < 1.29 is 14.6 Å². The van der Waals surface area contributed by atoms with Crippen LogP contribution in [0.3, 0.4) is 0 Å². The molecule has 2 N–H and O–H groups in total. The lowest BCUT2D eigenvalue weighted by Gasteiger charge is -2.37. The van der Waals surface area contributed by atoms with Crippen LogP contribution in [0, 0.1) is 0 Å². The average Bonchev–Trinajstić information content (AvgIpc) is 3.12. The normalized spacial score (nSPS) is 28.9. The number of carboxylic acids is 1. The number of carboxylic acid groups (broad SMARTS) is 1. The van der Waals surface area contributed by atoms with E-state index in [4.69, 9.17) is 4.74 Å². The number of ether oxygens (including phenoxy) is 1. The van der Waals surface area contributed by atoms with Gasteiger partial charge in [-0.25, -0.2) is 0 Å². The summed E-state index contributed by atoms with van der Waals surface area (Å²) >= 11 is 0. The van der Waals surface area contributed by atoms with Crippen LogP contribution in [0.4, 0.5) is 0 Å². The predicted molar refractivity (Wildman–Crippen MR) is 68.7 cm³/mol. The van der Waals surface area contributed by atoms with Gasteiger partial charge in [-0.2, -0.15) is 0 Å². The molecular weight excluding hydrogens is 232 g/mol. The van der Waals surface area contributed by atoms with Gasteiger partial charge in [-0.1, -0.05) is 0 Å². The number of nitrogens with one attached hydrogen (secondary N) is 1. The number of nitrogens with zero attached hydrogens (tertiary/aromatic N) is 1. The summed E-state index contributed by atoms with van der Waals surface area (Å²) in [6.07, 6.45) is 4.61. The first kappa shape index (κ1) is 13.8. The Balaban J connectivity index is 1.92. The van der Waals surface area contributed by atoms with E-state index in [0.717, 1.165) is 38.8 Å². The van der Waals surface area contributed by atoms with Gasteiger partial charge in [-0.15, -0.1) is 0 Å². The van der Waals surface area contributed by atoms with E-state index in [1.807, 2.05) is 0 Å². The number of piperidine rings is 1. The Morgan fingerprint density at radius 1 is 1.50 bits per heavy atom. The van der Waals surface area contributed by atoms with Crippen molar-refractivity contribution in [2.24, 2.45) is 0 Å². The van der Waals surface area contributed by atoms with Gasteiger partial charge in [0, 0.05) is 26.2 Å². The molecule has 0 aromatic carbocycles. The fraction of sp³-hybridized carbons (Fsp3) is 0.923. The fourth-order valence-electron chi connectivity index (χ4n) is 2.65. The van der Waals surface area contributed by atoms with Crippen molar-refractivity contribution in [3.8, 4) is 0 Å². The molecule has 0 radical (unpaired) electrons. The van der Waals surface area contributed by atoms with Crippen LogP contribution in [0.25, 0.3) is 0 Å². The summed E-state index contributed by atoms with van der Waals surface area (Å²) in [4.78, 5) is 13.7.